The van der Waals surface area contributed by atoms with Gasteiger partial charge in [0, 0.05) is 35.2 Å². The molecule has 0 saturated carbocycles. The lowest BCUT2D eigenvalue weighted by atomic mass is 10.1. The maximum atomic E-state index is 13.6. The first-order chi connectivity index (χ1) is 27.6. The molecule has 8 rings (SSSR count). The number of aromatic nitrogens is 9. The lowest BCUT2D eigenvalue weighted by molar-refractivity contribution is 0.0699. The van der Waals surface area contributed by atoms with Crippen LogP contribution in [0.25, 0.3) is 27.8 Å². The molecule has 20 heteroatoms. The molecule has 0 bridgehead atoms. The fourth-order valence-corrected chi connectivity index (χ4v) is 6.34. The third-order valence-corrected chi connectivity index (χ3v) is 9.06. The van der Waals surface area contributed by atoms with Crippen LogP contribution >= 0.6 is 11.6 Å². The Labute approximate surface area is 333 Å². The Balaban J connectivity index is 0.000000192. The number of hydrogen-bond acceptors (Lipinski definition) is 13. The van der Waals surface area contributed by atoms with Crippen LogP contribution in [0.5, 0.6) is 0 Å². The highest BCUT2D eigenvalue weighted by atomic mass is 35.5. The number of nitrogens with zero attached hydrogens (tertiary/aromatic N) is 8. The van der Waals surface area contributed by atoms with Crippen LogP contribution < -0.4 is 33.8 Å². The number of amides is 1. The van der Waals surface area contributed by atoms with Gasteiger partial charge in [-0.05, 0) is 69.5 Å². The number of halogens is 1. The number of hydrogen-bond donors (Lipinski definition) is 7. The van der Waals surface area contributed by atoms with Crippen LogP contribution in [0.4, 0.5) is 23.3 Å². The first kappa shape index (κ1) is 39.9. The average Bonchev–Trinajstić information content (AvgIpc) is 3.81. The summed E-state index contributed by atoms with van der Waals surface area (Å²) in [5.41, 5.74) is 25.6. The van der Waals surface area contributed by atoms with Crippen molar-refractivity contribution >= 4 is 74.6 Å². The van der Waals surface area contributed by atoms with Crippen LogP contribution in [-0.4, -0.2) is 66.7 Å². The molecule has 0 aliphatic rings. The number of carboxylic acid groups (broad SMARTS) is 1. The van der Waals surface area contributed by atoms with E-state index in [9.17, 15) is 19.2 Å². The molecule has 0 fully saturated rings. The van der Waals surface area contributed by atoms with E-state index in [1.54, 1.807) is 48.1 Å². The SMILES string of the molecule is CC(=O)c1c(N)n[nH]c1N.Cc1ccn2nc(N)c(C(=O)N[C@@H](C)c3cc4cccc(Cl)c4c(=O)n3-c3ccccc3)c2n1.Cc1ccn2nc(N)c(C(=O)O)c2n1. The number of nitrogen functional groups attached to an aromatic ring is 4. The molecule has 0 radical (unpaired) electrons. The topological polar surface area (TPSA) is 299 Å². The number of nitrogens with one attached hydrogen (secondary N) is 2. The smallest absolute Gasteiger partial charge is 0.343 e. The second kappa shape index (κ2) is 16.1. The summed E-state index contributed by atoms with van der Waals surface area (Å²) in [6.45, 7) is 6.79. The van der Waals surface area contributed by atoms with Gasteiger partial charge in [0.25, 0.3) is 11.5 Å². The van der Waals surface area contributed by atoms with Crippen molar-refractivity contribution in [2.24, 2.45) is 0 Å². The van der Waals surface area contributed by atoms with Crippen LogP contribution in [0.2, 0.25) is 5.02 Å². The number of aryl methyl sites for hydroxylation is 2. The maximum Gasteiger partial charge on any atom is 0.343 e. The van der Waals surface area contributed by atoms with Crippen LogP contribution in [0.3, 0.4) is 0 Å². The molecule has 58 heavy (non-hydrogen) atoms. The zero-order valence-corrected chi connectivity index (χ0v) is 32.2. The highest BCUT2D eigenvalue weighted by molar-refractivity contribution is 6.35. The van der Waals surface area contributed by atoms with Gasteiger partial charge in [-0.3, -0.25) is 24.0 Å². The fourth-order valence-electron chi connectivity index (χ4n) is 6.08. The minimum Gasteiger partial charge on any atom is -0.477 e. The van der Waals surface area contributed by atoms with E-state index in [0.717, 1.165) is 11.4 Å². The molecule has 0 aliphatic heterocycles. The number of benzene rings is 2. The fraction of sp³-hybridized carbons (Fsp3) is 0.132. The number of pyridine rings is 1. The Morgan fingerprint density at radius 3 is 1.93 bits per heavy atom. The molecule has 0 spiro atoms. The summed E-state index contributed by atoms with van der Waals surface area (Å²) in [6.07, 6.45) is 3.33. The Morgan fingerprint density at radius 2 is 1.40 bits per heavy atom. The first-order valence-electron chi connectivity index (χ1n) is 17.3. The van der Waals surface area contributed by atoms with Crippen molar-refractivity contribution in [2.45, 2.75) is 33.7 Å². The zero-order valence-electron chi connectivity index (χ0n) is 31.4. The first-order valence-corrected chi connectivity index (χ1v) is 17.7. The summed E-state index contributed by atoms with van der Waals surface area (Å²) >= 11 is 6.38. The average molecular weight is 805 g/mol. The molecule has 2 aromatic carbocycles. The van der Waals surface area contributed by atoms with Gasteiger partial charge in [-0.25, -0.2) is 23.8 Å². The number of fused-ring (bicyclic) bond motifs is 3. The van der Waals surface area contributed by atoms with Crippen molar-refractivity contribution in [1.29, 1.82) is 0 Å². The second-order valence-corrected chi connectivity index (χ2v) is 13.3. The number of carboxylic acids is 1. The van der Waals surface area contributed by atoms with E-state index in [1.807, 2.05) is 56.3 Å². The highest BCUT2D eigenvalue weighted by Gasteiger charge is 2.24. The number of carbonyl (C=O) groups excluding carboxylic acids is 2. The second-order valence-electron chi connectivity index (χ2n) is 12.9. The van der Waals surface area contributed by atoms with E-state index < -0.39 is 17.9 Å². The number of rotatable bonds is 6. The van der Waals surface area contributed by atoms with Gasteiger partial charge in [0.15, 0.2) is 34.5 Å². The summed E-state index contributed by atoms with van der Waals surface area (Å²) in [5.74, 6) is -1.28. The molecule has 296 valence electrons. The van der Waals surface area contributed by atoms with E-state index in [1.165, 1.54) is 16.0 Å². The minimum absolute atomic E-state index is 0.0180. The molecule has 0 saturated heterocycles. The van der Waals surface area contributed by atoms with E-state index in [4.69, 9.17) is 39.6 Å². The number of nitrogens with two attached hydrogens (primary N) is 4. The highest BCUT2D eigenvalue weighted by Crippen LogP contribution is 2.26. The summed E-state index contributed by atoms with van der Waals surface area (Å²) in [7, 11) is 0. The van der Waals surface area contributed by atoms with Crippen molar-refractivity contribution in [3.8, 4) is 5.69 Å². The van der Waals surface area contributed by atoms with E-state index >= 15 is 0 Å². The number of carbonyl (C=O) groups is 3. The lowest BCUT2D eigenvalue weighted by Crippen LogP contribution is -2.32. The molecule has 6 heterocycles. The molecule has 0 unspecified atom stereocenters. The number of anilines is 4. The lowest BCUT2D eigenvalue weighted by Gasteiger charge is -2.21. The van der Waals surface area contributed by atoms with Gasteiger partial charge in [0.2, 0.25) is 0 Å². The summed E-state index contributed by atoms with van der Waals surface area (Å²) in [6, 6.07) is 19.3. The number of H-pyrrole nitrogens is 1. The van der Waals surface area contributed by atoms with Gasteiger partial charge in [-0.15, -0.1) is 10.2 Å². The van der Waals surface area contributed by atoms with Crippen LogP contribution in [-0.2, 0) is 0 Å². The molecular formula is C38H37ClN14O5. The van der Waals surface area contributed by atoms with Crippen molar-refractivity contribution in [3.63, 3.8) is 0 Å². The van der Waals surface area contributed by atoms with Crippen molar-refractivity contribution < 1.29 is 19.5 Å². The van der Waals surface area contributed by atoms with E-state index in [2.05, 4.69) is 35.7 Å². The Bertz CT molecular complexity index is 2920. The molecule has 6 aromatic heterocycles. The van der Waals surface area contributed by atoms with Gasteiger partial charge in [-0.1, -0.05) is 41.9 Å². The van der Waals surface area contributed by atoms with Crippen LogP contribution in [0.15, 0.2) is 83.9 Å². The normalized spacial score (nSPS) is 11.4. The summed E-state index contributed by atoms with van der Waals surface area (Å²) in [5, 5.41) is 27.3. The molecule has 8 aromatic rings. The van der Waals surface area contributed by atoms with Crippen LogP contribution in [0, 0.1) is 13.8 Å². The number of ketones is 1. The largest absolute Gasteiger partial charge is 0.477 e. The van der Waals surface area contributed by atoms with Gasteiger partial charge in [0.1, 0.15) is 22.5 Å². The number of para-hydroxylation sites is 1. The number of Topliss-reactive ketones (excluding diaryl/α,β-unsaturated/α-hetero) is 1. The van der Waals surface area contributed by atoms with Crippen LogP contribution in [0.1, 0.15) is 68.0 Å². The standard InChI is InChI=1S/C25H21ClN6O2.C8H8N4O2.C5H8N4O/c1-14-11-12-31-23(28-14)21(22(27)30-31)24(33)29-15(2)19-13-16-7-6-10-18(26)20(16)25(34)32(19)17-8-4-3-5-9-17;1-4-2-3-12-7(10-4)5(8(13)14)6(9)11-12;1-2(10)3-4(6)8-9-5(3)7/h3-13,15H,1-2H3,(H2,27,30)(H,29,33);2-3H,1H3,(H2,9,11)(H,13,14);1H3,(H5,6,7,8,9)/t15-;;/m0../s1. The monoisotopic (exact) mass is 804 g/mol. The predicted molar refractivity (Wildman–Crippen MR) is 219 cm³/mol. The molecule has 11 N–H and O–H groups in total. The van der Waals surface area contributed by atoms with Crippen molar-refractivity contribution in [2.75, 3.05) is 22.9 Å². The molecule has 19 nitrogen and oxygen atoms in total. The van der Waals surface area contributed by atoms with Gasteiger partial charge in [-0.2, -0.15) is 5.10 Å². The third kappa shape index (κ3) is 7.82. The van der Waals surface area contributed by atoms with E-state index in [-0.39, 0.29) is 57.0 Å². The molecule has 1 atom stereocenters. The van der Waals surface area contributed by atoms with Gasteiger partial charge < -0.3 is 33.4 Å². The minimum atomic E-state index is -1.12. The summed E-state index contributed by atoms with van der Waals surface area (Å²) < 4.78 is 4.40. The van der Waals surface area contributed by atoms with E-state index in [0.29, 0.717) is 32.8 Å². The number of aromatic carboxylic acids is 1. The van der Waals surface area contributed by atoms with Gasteiger partial charge in [0.05, 0.1) is 16.5 Å². The Morgan fingerprint density at radius 1 is 0.810 bits per heavy atom. The van der Waals surface area contributed by atoms with Crippen molar-refractivity contribution in [1.82, 2.24) is 49.3 Å². The Hall–Kier alpha value is -7.80. The quantitative estimate of drug-likeness (QED) is 0.116. The molecule has 0 aliphatic carbocycles. The molecule has 1 amide bonds. The zero-order chi connectivity index (χ0) is 42.0. The number of aromatic amines is 1. The molecular weight excluding hydrogens is 768 g/mol. The predicted octanol–water partition coefficient (Wildman–Crippen LogP) is 4.16. The summed E-state index contributed by atoms with van der Waals surface area (Å²) in [4.78, 5) is 56.9. The third-order valence-electron chi connectivity index (χ3n) is 8.75. The van der Waals surface area contributed by atoms with Crippen molar-refractivity contribution in [3.05, 3.63) is 128 Å². The maximum absolute atomic E-state index is 13.6. The Kier molecular flexibility index (Phi) is 11.1. The van der Waals surface area contributed by atoms with Gasteiger partial charge >= 0.3 is 5.97 Å².